The summed E-state index contributed by atoms with van der Waals surface area (Å²) in [5.41, 5.74) is 1.52. The first-order valence-corrected chi connectivity index (χ1v) is 4.83. The molecule has 0 spiro atoms. The van der Waals surface area contributed by atoms with E-state index in [1.54, 1.807) is 13.2 Å². The van der Waals surface area contributed by atoms with Crippen molar-refractivity contribution in [3.63, 3.8) is 0 Å². The molecule has 0 radical (unpaired) electrons. The highest BCUT2D eigenvalue weighted by atomic mass is 16.5. The first-order chi connectivity index (χ1) is 7.33. The van der Waals surface area contributed by atoms with Crippen molar-refractivity contribution < 1.29 is 14.3 Å². The molecule has 1 aromatic rings. The van der Waals surface area contributed by atoms with Crippen LogP contribution in [-0.2, 0) is 9.53 Å². The van der Waals surface area contributed by atoms with Crippen LogP contribution in [0.15, 0.2) is 30.3 Å². The van der Waals surface area contributed by atoms with Crippen molar-refractivity contribution in [2.45, 2.75) is 6.42 Å². The highest BCUT2D eigenvalue weighted by Gasteiger charge is 2.25. The van der Waals surface area contributed by atoms with Crippen LogP contribution in [0.4, 0.5) is 0 Å². The zero-order chi connectivity index (χ0) is 10.7. The van der Waals surface area contributed by atoms with Crippen LogP contribution < -0.4 is 4.74 Å². The molecule has 15 heavy (non-hydrogen) atoms. The number of ether oxygens (including phenoxy) is 2. The molecule has 0 unspecified atom stereocenters. The fourth-order valence-corrected chi connectivity index (χ4v) is 1.56. The van der Waals surface area contributed by atoms with Crippen molar-refractivity contribution >= 4 is 11.5 Å². The molecule has 1 heterocycles. The molecule has 0 atom stereocenters. The number of carbonyl (C=O) groups is 1. The Morgan fingerprint density at radius 1 is 1.40 bits per heavy atom. The summed E-state index contributed by atoms with van der Waals surface area (Å²) in [7, 11) is 1.64. The highest BCUT2D eigenvalue weighted by Crippen LogP contribution is 2.33. The summed E-state index contributed by atoms with van der Waals surface area (Å²) < 4.78 is 10.0. The number of esters is 1. The number of fused-ring (bicyclic) bond motifs is 1. The Kier molecular flexibility index (Phi) is 2.83. The molecule has 1 aliphatic rings. The van der Waals surface area contributed by atoms with E-state index in [-0.39, 0.29) is 5.97 Å². The predicted molar refractivity (Wildman–Crippen MR) is 56.5 cm³/mol. The van der Waals surface area contributed by atoms with Gasteiger partial charge in [0.2, 0.25) is 0 Å². The van der Waals surface area contributed by atoms with E-state index in [0.29, 0.717) is 17.9 Å². The van der Waals surface area contributed by atoms with Gasteiger partial charge in [0.05, 0.1) is 5.57 Å². The summed E-state index contributed by atoms with van der Waals surface area (Å²) in [6, 6.07) is 7.43. The average molecular weight is 204 g/mol. The van der Waals surface area contributed by atoms with E-state index in [0.717, 1.165) is 12.0 Å². The van der Waals surface area contributed by atoms with Crippen LogP contribution >= 0.6 is 0 Å². The van der Waals surface area contributed by atoms with Crippen LogP contribution in [0.5, 0.6) is 5.75 Å². The van der Waals surface area contributed by atoms with E-state index in [1.807, 2.05) is 24.3 Å². The van der Waals surface area contributed by atoms with Crippen LogP contribution in [0.1, 0.15) is 12.0 Å². The fraction of sp³-hybridized carbons (Fsp3) is 0.250. The normalized spacial score (nSPS) is 16.6. The Morgan fingerprint density at radius 3 is 3.00 bits per heavy atom. The average Bonchev–Trinajstić information content (AvgIpc) is 2.56. The smallest absolute Gasteiger partial charge is 0.343 e. The molecule has 0 N–H and O–H groups in total. The Morgan fingerprint density at radius 2 is 2.20 bits per heavy atom. The quantitative estimate of drug-likeness (QED) is 0.327. The molecule has 0 saturated heterocycles. The lowest BCUT2D eigenvalue weighted by molar-refractivity contribution is -0.127. The molecular weight excluding hydrogens is 192 g/mol. The van der Waals surface area contributed by atoms with Gasteiger partial charge in [0, 0.05) is 19.3 Å². The SMILES string of the molecule is COCC/C=C1\C(=O)Oc2ccccc21. The molecule has 3 nitrogen and oxygen atoms in total. The van der Waals surface area contributed by atoms with Gasteiger partial charge in [-0.3, -0.25) is 0 Å². The van der Waals surface area contributed by atoms with Crippen molar-refractivity contribution in [1.29, 1.82) is 0 Å². The van der Waals surface area contributed by atoms with E-state index in [2.05, 4.69) is 0 Å². The van der Waals surface area contributed by atoms with E-state index >= 15 is 0 Å². The maximum atomic E-state index is 11.5. The maximum Gasteiger partial charge on any atom is 0.343 e. The third kappa shape index (κ3) is 1.92. The lowest BCUT2D eigenvalue weighted by Gasteiger charge is -1.95. The first-order valence-electron chi connectivity index (χ1n) is 4.83. The minimum atomic E-state index is -0.271. The highest BCUT2D eigenvalue weighted by molar-refractivity contribution is 6.21. The lowest BCUT2D eigenvalue weighted by Crippen LogP contribution is -2.00. The molecule has 78 valence electrons. The van der Waals surface area contributed by atoms with E-state index in [4.69, 9.17) is 9.47 Å². The second-order valence-electron chi connectivity index (χ2n) is 3.28. The number of hydrogen-bond donors (Lipinski definition) is 0. The van der Waals surface area contributed by atoms with Crippen LogP contribution in [0.25, 0.3) is 5.57 Å². The molecule has 2 rings (SSSR count). The van der Waals surface area contributed by atoms with Crippen molar-refractivity contribution in [3.8, 4) is 5.75 Å². The Hall–Kier alpha value is -1.61. The number of rotatable bonds is 3. The minimum absolute atomic E-state index is 0.271. The van der Waals surface area contributed by atoms with Gasteiger partial charge in [0.1, 0.15) is 5.75 Å². The number of hydrogen-bond acceptors (Lipinski definition) is 3. The van der Waals surface area contributed by atoms with Gasteiger partial charge >= 0.3 is 5.97 Å². The van der Waals surface area contributed by atoms with Gasteiger partial charge in [-0.25, -0.2) is 4.79 Å². The number of methoxy groups -OCH3 is 1. The maximum absolute atomic E-state index is 11.5. The van der Waals surface area contributed by atoms with Crippen molar-refractivity contribution in [3.05, 3.63) is 35.9 Å². The topological polar surface area (TPSA) is 35.5 Å². The summed E-state index contributed by atoms with van der Waals surface area (Å²) in [5.74, 6) is 0.374. The van der Waals surface area contributed by atoms with Crippen LogP contribution in [0.3, 0.4) is 0 Å². The first kappa shape index (κ1) is 9.93. The van der Waals surface area contributed by atoms with Crippen molar-refractivity contribution in [2.24, 2.45) is 0 Å². The largest absolute Gasteiger partial charge is 0.422 e. The van der Waals surface area contributed by atoms with Gasteiger partial charge in [-0.2, -0.15) is 0 Å². The Labute approximate surface area is 88.3 Å². The summed E-state index contributed by atoms with van der Waals surface area (Å²) >= 11 is 0. The van der Waals surface area contributed by atoms with Crippen molar-refractivity contribution in [1.82, 2.24) is 0 Å². The molecule has 0 bridgehead atoms. The van der Waals surface area contributed by atoms with Gasteiger partial charge in [-0.15, -0.1) is 0 Å². The van der Waals surface area contributed by atoms with Crippen molar-refractivity contribution in [2.75, 3.05) is 13.7 Å². The summed E-state index contributed by atoms with van der Waals surface area (Å²) in [4.78, 5) is 11.5. The number of carbonyl (C=O) groups excluding carboxylic acids is 1. The third-order valence-corrected chi connectivity index (χ3v) is 2.27. The predicted octanol–water partition coefficient (Wildman–Crippen LogP) is 2.03. The van der Waals surface area contributed by atoms with E-state index < -0.39 is 0 Å². The molecule has 1 aromatic carbocycles. The van der Waals surface area contributed by atoms with Crippen LogP contribution in [0.2, 0.25) is 0 Å². The molecule has 0 amide bonds. The third-order valence-electron chi connectivity index (χ3n) is 2.27. The van der Waals surface area contributed by atoms with Crippen LogP contribution in [0, 0.1) is 0 Å². The molecule has 3 heteroatoms. The second-order valence-corrected chi connectivity index (χ2v) is 3.28. The van der Waals surface area contributed by atoms with Gasteiger partial charge in [0.25, 0.3) is 0 Å². The number of benzene rings is 1. The standard InChI is InChI=1S/C12H12O3/c1-14-8-4-6-10-9-5-2-3-7-11(9)15-12(10)13/h2-3,5-7H,4,8H2,1H3/b10-6-. The Balaban J connectivity index is 2.26. The van der Waals surface area contributed by atoms with E-state index in [1.165, 1.54) is 0 Å². The van der Waals surface area contributed by atoms with Crippen LogP contribution in [-0.4, -0.2) is 19.7 Å². The monoisotopic (exact) mass is 204 g/mol. The molecule has 0 aliphatic carbocycles. The molecule has 0 aromatic heterocycles. The zero-order valence-electron chi connectivity index (χ0n) is 8.53. The van der Waals surface area contributed by atoms with Gasteiger partial charge < -0.3 is 9.47 Å². The molecule has 1 aliphatic heterocycles. The summed E-state index contributed by atoms with van der Waals surface area (Å²) in [5, 5.41) is 0. The summed E-state index contributed by atoms with van der Waals surface area (Å²) in [6.07, 6.45) is 2.58. The fourth-order valence-electron chi connectivity index (χ4n) is 1.56. The molecular formula is C12H12O3. The molecule has 0 saturated carbocycles. The Bertz CT molecular complexity index is 407. The van der Waals surface area contributed by atoms with Gasteiger partial charge in [0.15, 0.2) is 0 Å². The minimum Gasteiger partial charge on any atom is -0.422 e. The lowest BCUT2D eigenvalue weighted by atomic mass is 10.1. The number of para-hydroxylation sites is 1. The molecule has 0 fully saturated rings. The van der Waals surface area contributed by atoms with E-state index in [9.17, 15) is 4.79 Å². The zero-order valence-corrected chi connectivity index (χ0v) is 8.53. The van der Waals surface area contributed by atoms with Gasteiger partial charge in [-0.05, 0) is 12.5 Å². The second kappa shape index (κ2) is 4.28. The summed E-state index contributed by atoms with van der Waals surface area (Å²) in [6.45, 7) is 0.610. The van der Waals surface area contributed by atoms with Gasteiger partial charge in [-0.1, -0.05) is 24.3 Å².